The van der Waals surface area contributed by atoms with Crippen LogP contribution in [-0.4, -0.2) is 30.1 Å². The summed E-state index contributed by atoms with van der Waals surface area (Å²) < 4.78 is 4.73. The Balaban J connectivity index is 0.000000982. The Bertz CT molecular complexity index is 382. The summed E-state index contributed by atoms with van der Waals surface area (Å²) in [5.41, 5.74) is 0.960. The topological polar surface area (TPSA) is 63.6 Å². The van der Waals surface area contributed by atoms with Gasteiger partial charge in [0.15, 0.2) is 5.78 Å². The monoisotopic (exact) mass is 266 g/mol. The molecule has 106 valence electrons. The van der Waals surface area contributed by atoms with Gasteiger partial charge in [0.05, 0.1) is 12.2 Å². The van der Waals surface area contributed by atoms with Gasteiger partial charge in [-0.3, -0.25) is 4.79 Å². The quantitative estimate of drug-likeness (QED) is 0.657. The van der Waals surface area contributed by atoms with Crippen LogP contribution >= 0.6 is 0 Å². The number of carbonyl (C=O) groups is 2. The minimum Gasteiger partial charge on any atom is -0.460 e. The predicted octanol–water partition coefficient (Wildman–Crippen LogP) is 2.84. The van der Waals surface area contributed by atoms with E-state index in [0.29, 0.717) is 17.5 Å². The van der Waals surface area contributed by atoms with E-state index in [2.05, 4.69) is 13.8 Å². The molecule has 0 saturated heterocycles. The number of esters is 1. The summed E-state index contributed by atoms with van der Waals surface area (Å²) in [6.45, 7) is 5.82. The summed E-state index contributed by atoms with van der Waals surface area (Å²) >= 11 is 0. The molecule has 1 aromatic rings. The summed E-state index contributed by atoms with van der Waals surface area (Å²) in [6, 6.07) is 6.29. The van der Waals surface area contributed by atoms with Crippen LogP contribution in [0.3, 0.4) is 0 Å². The van der Waals surface area contributed by atoms with E-state index in [1.54, 1.807) is 31.2 Å². The summed E-state index contributed by atoms with van der Waals surface area (Å²) in [4.78, 5) is 22.7. The Morgan fingerprint density at radius 2 is 1.53 bits per heavy atom. The van der Waals surface area contributed by atoms with Crippen LogP contribution in [-0.2, 0) is 4.74 Å². The average Bonchev–Trinajstić information content (AvgIpc) is 2.45. The first kappa shape index (κ1) is 17.3. The van der Waals surface area contributed by atoms with Crippen molar-refractivity contribution in [3.8, 4) is 0 Å². The van der Waals surface area contributed by atoms with E-state index in [1.165, 1.54) is 6.42 Å². The maximum absolute atomic E-state index is 11.3. The van der Waals surface area contributed by atoms with E-state index in [-0.39, 0.29) is 19.0 Å². The third kappa shape index (κ3) is 6.72. The van der Waals surface area contributed by atoms with Gasteiger partial charge >= 0.3 is 5.97 Å². The van der Waals surface area contributed by atoms with Crippen molar-refractivity contribution in [2.75, 3.05) is 13.2 Å². The molecule has 0 aromatic heterocycles. The number of Topliss-reactive ketones (excluding diaryl/α,β-unsaturated/α-hetero) is 1. The largest absolute Gasteiger partial charge is 0.460 e. The van der Waals surface area contributed by atoms with Crippen molar-refractivity contribution in [1.82, 2.24) is 0 Å². The van der Waals surface area contributed by atoms with Gasteiger partial charge in [-0.15, -0.1) is 0 Å². The van der Waals surface area contributed by atoms with Crippen molar-refractivity contribution < 1.29 is 19.4 Å². The molecule has 0 unspecified atom stereocenters. The van der Waals surface area contributed by atoms with Gasteiger partial charge in [-0.25, -0.2) is 4.79 Å². The van der Waals surface area contributed by atoms with Crippen molar-refractivity contribution in [3.05, 3.63) is 35.4 Å². The number of benzene rings is 1. The summed E-state index contributed by atoms with van der Waals surface area (Å²) in [6.07, 6.45) is 1.69. The van der Waals surface area contributed by atoms with Gasteiger partial charge in [0.2, 0.25) is 0 Å². The first-order valence-electron chi connectivity index (χ1n) is 6.51. The van der Waals surface area contributed by atoms with Gasteiger partial charge in [-0.1, -0.05) is 39.3 Å². The van der Waals surface area contributed by atoms with Gasteiger partial charge < -0.3 is 9.84 Å². The summed E-state index contributed by atoms with van der Waals surface area (Å²) in [7, 11) is 0. The van der Waals surface area contributed by atoms with E-state index in [0.717, 1.165) is 0 Å². The summed E-state index contributed by atoms with van der Waals surface area (Å²) in [5.74, 6) is -0.458. The van der Waals surface area contributed by atoms with Crippen LogP contribution in [0.25, 0.3) is 0 Å². The number of ether oxygens (including phenoxy) is 1. The molecule has 0 saturated carbocycles. The molecule has 0 amide bonds. The second-order valence-corrected chi connectivity index (χ2v) is 3.92. The Labute approximate surface area is 114 Å². The molecule has 0 aliphatic heterocycles. The molecule has 0 radical (unpaired) electrons. The van der Waals surface area contributed by atoms with Crippen LogP contribution in [0.1, 0.15) is 54.3 Å². The molecule has 0 fully saturated rings. The third-order valence-electron chi connectivity index (χ3n) is 2.09. The average molecular weight is 266 g/mol. The fraction of sp³-hybridized carbons (Fsp3) is 0.467. The van der Waals surface area contributed by atoms with Crippen LogP contribution in [0.2, 0.25) is 0 Å². The second-order valence-electron chi connectivity index (χ2n) is 3.92. The van der Waals surface area contributed by atoms with Gasteiger partial charge in [-0.05, 0) is 12.1 Å². The normalized spacial score (nSPS) is 9.26. The highest BCUT2D eigenvalue weighted by molar-refractivity contribution is 5.97. The zero-order valence-corrected chi connectivity index (χ0v) is 11.8. The maximum Gasteiger partial charge on any atom is 0.338 e. The SMILES string of the molecule is CCC.CCC(=O)c1ccc(C(=O)OCCO)cc1. The molecule has 0 aliphatic carbocycles. The van der Waals surface area contributed by atoms with Crippen LogP contribution in [0.5, 0.6) is 0 Å². The number of hydrogen-bond acceptors (Lipinski definition) is 4. The number of ketones is 1. The van der Waals surface area contributed by atoms with Crippen LogP contribution in [0.15, 0.2) is 24.3 Å². The lowest BCUT2D eigenvalue weighted by Crippen LogP contribution is -2.09. The smallest absolute Gasteiger partial charge is 0.338 e. The van der Waals surface area contributed by atoms with Crippen LogP contribution in [0, 0.1) is 0 Å². The highest BCUT2D eigenvalue weighted by Crippen LogP contribution is 2.08. The summed E-state index contributed by atoms with van der Waals surface area (Å²) in [5, 5.41) is 8.49. The van der Waals surface area contributed by atoms with Crippen molar-refractivity contribution in [3.63, 3.8) is 0 Å². The predicted molar refractivity (Wildman–Crippen MR) is 74.4 cm³/mol. The Morgan fingerprint density at radius 3 is 1.95 bits per heavy atom. The fourth-order valence-electron chi connectivity index (χ4n) is 1.22. The van der Waals surface area contributed by atoms with Gasteiger partial charge in [0.1, 0.15) is 6.61 Å². The Morgan fingerprint density at radius 1 is 1.05 bits per heavy atom. The minimum absolute atomic E-state index is 0.0194. The minimum atomic E-state index is -0.496. The number of aliphatic hydroxyl groups excluding tert-OH is 1. The van der Waals surface area contributed by atoms with Crippen LogP contribution in [0.4, 0.5) is 0 Å². The third-order valence-corrected chi connectivity index (χ3v) is 2.09. The highest BCUT2D eigenvalue weighted by atomic mass is 16.5. The number of rotatable bonds is 5. The maximum atomic E-state index is 11.3. The van der Waals surface area contributed by atoms with E-state index in [4.69, 9.17) is 9.84 Å². The lowest BCUT2D eigenvalue weighted by molar-refractivity contribution is 0.0433. The van der Waals surface area contributed by atoms with Gasteiger partial charge in [0.25, 0.3) is 0 Å². The lowest BCUT2D eigenvalue weighted by atomic mass is 10.1. The molecule has 0 heterocycles. The van der Waals surface area contributed by atoms with E-state index in [9.17, 15) is 9.59 Å². The molecule has 0 spiro atoms. The zero-order valence-electron chi connectivity index (χ0n) is 11.8. The Kier molecular flexibility index (Phi) is 9.35. The first-order valence-corrected chi connectivity index (χ1v) is 6.51. The zero-order chi connectivity index (χ0) is 14.7. The number of carbonyl (C=O) groups excluding carboxylic acids is 2. The van der Waals surface area contributed by atoms with Gasteiger partial charge in [-0.2, -0.15) is 0 Å². The Hall–Kier alpha value is -1.68. The molecule has 4 nitrogen and oxygen atoms in total. The van der Waals surface area contributed by atoms with Crippen molar-refractivity contribution in [1.29, 1.82) is 0 Å². The number of aliphatic hydroxyl groups is 1. The highest BCUT2D eigenvalue weighted by Gasteiger charge is 2.08. The van der Waals surface area contributed by atoms with E-state index >= 15 is 0 Å². The fourth-order valence-corrected chi connectivity index (χ4v) is 1.22. The first-order chi connectivity index (χ1) is 9.10. The van der Waals surface area contributed by atoms with Crippen molar-refractivity contribution >= 4 is 11.8 Å². The second kappa shape index (κ2) is 10.3. The molecular formula is C15H22O4. The molecule has 19 heavy (non-hydrogen) atoms. The van der Waals surface area contributed by atoms with E-state index in [1.807, 2.05) is 0 Å². The van der Waals surface area contributed by atoms with Gasteiger partial charge in [0, 0.05) is 12.0 Å². The van der Waals surface area contributed by atoms with E-state index < -0.39 is 5.97 Å². The standard InChI is InChI=1S/C12H14O4.C3H8/c1-2-11(14)9-3-5-10(6-4-9)12(15)16-8-7-13;1-3-2/h3-6,13H,2,7-8H2,1H3;3H2,1-2H3. The number of hydrogen-bond donors (Lipinski definition) is 1. The molecule has 1 aromatic carbocycles. The molecule has 1 rings (SSSR count). The molecule has 4 heteroatoms. The van der Waals surface area contributed by atoms with Crippen molar-refractivity contribution in [2.45, 2.75) is 33.6 Å². The molecular weight excluding hydrogens is 244 g/mol. The molecule has 0 aliphatic rings. The lowest BCUT2D eigenvalue weighted by Gasteiger charge is -2.03. The molecule has 0 bridgehead atoms. The van der Waals surface area contributed by atoms with Crippen LogP contribution < -0.4 is 0 Å². The van der Waals surface area contributed by atoms with Crippen molar-refractivity contribution in [2.24, 2.45) is 0 Å². The molecule has 0 atom stereocenters. The molecule has 1 N–H and O–H groups in total.